The van der Waals surface area contributed by atoms with Crippen molar-refractivity contribution in [3.8, 4) is 0 Å². The maximum absolute atomic E-state index is 12.8. The first-order valence-corrected chi connectivity index (χ1v) is 8.53. The van der Waals surface area contributed by atoms with Crippen molar-refractivity contribution in [2.75, 3.05) is 31.2 Å². The molecule has 2 aliphatic heterocycles. The molecule has 0 aliphatic carbocycles. The maximum atomic E-state index is 12.8. The molecule has 7 nitrogen and oxygen atoms in total. The van der Waals surface area contributed by atoms with Gasteiger partial charge in [0.2, 0.25) is 11.8 Å². The van der Waals surface area contributed by atoms with E-state index < -0.39 is 29.7 Å². The summed E-state index contributed by atoms with van der Waals surface area (Å²) in [5.74, 6) is -2.95. The Morgan fingerprint density at radius 3 is 2.72 bits per heavy atom. The van der Waals surface area contributed by atoms with Crippen LogP contribution in [0.3, 0.4) is 0 Å². The second kappa shape index (κ2) is 7.19. The Hall–Kier alpha value is -1.83. The van der Waals surface area contributed by atoms with Crippen LogP contribution in [0.4, 0.5) is 5.69 Å². The van der Waals surface area contributed by atoms with Gasteiger partial charge in [-0.1, -0.05) is 23.2 Å². The van der Waals surface area contributed by atoms with Gasteiger partial charge in [-0.2, -0.15) is 0 Å². The summed E-state index contributed by atoms with van der Waals surface area (Å²) < 4.78 is 5.13. The van der Waals surface area contributed by atoms with Crippen LogP contribution in [0, 0.1) is 5.92 Å². The van der Waals surface area contributed by atoms with Gasteiger partial charge in [0.1, 0.15) is 5.92 Å². The van der Waals surface area contributed by atoms with Gasteiger partial charge in [-0.3, -0.25) is 9.59 Å². The van der Waals surface area contributed by atoms with Crippen LogP contribution in [0.2, 0.25) is 10.0 Å². The molecule has 0 radical (unpaired) electrons. The third kappa shape index (κ3) is 3.44. The molecule has 2 fully saturated rings. The maximum Gasteiger partial charge on any atom is 0.328 e. The average molecular weight is 387 g/mol. The van der Waals surface area contributed by atoms with Crippen molar-refractivity contribution in [3.05, 3.63) is 28.2 Å². The van der Waals surface area contributed by atoms with Gasteiger partial charge in [0.25, 0.3) is 0 Å². The Morgan fingerprint density at radius 1 is 1.24 bits per heavy atom. The first-order valence-electron chi connectivity index (χ1n) is 7.77. The van der Waals surface area contributed by atoms with Gasteiger partial charge < -0.3 is 19.6 Å². The Balaban J connectivity index is 1.80. The number of aliphatic carboxylic acids is 1. The molecule has 25 heavy (non-hydrogen) atoms. The van der Waals surface area contributed by atoms with Crippen molar-refractivity contribution in [2.24, 2.45) is 5.92 Å². The predicted molar refractivity (Wildman–Crippen MR) is 90.9 cm³/mol. The van der Waals surface area contributed by atoms with Crippen LogP contribution in [0.25, 0.3) is 0 Å². The normalized spacial score (nSPS) is 23.8. The van der Waals surface area contributed by atoms with Crippen LogP contribution in [-0.4, -0.2) is 60.1 Å². The fourth-order valence-electron chi connectivity index (χ4n) is 3.11. The van der Waals surface area contributed by atoms with Gasteiger partial charge in [-0.25, -0.2) is 4.79 Å². The molecule has 0 spiro atoms. The third-order valence-electron chi connectivity index (χ3n) is 4.40. The molecule has 1 aromatic carbocycles. The SMILES string of the molecule is O=C(O)C1COCCN1C(=O)C1CCN(c2cc(Cl)ccc2Cl)C1=O. The first kappa shape index (κ1) is 18.0. The minimum absolute atomic E-state index is 0.0776. The van der Waals surface area contributed by atoms with Crippen LogP contribution in [0.5, 0.6) is 0 Å². The highest BCUT2D eigenvalue weighted by Crippen LogP contribution is 2.34. The molecular weight excluding hydrogens is 371 g/mol. The molecule has 2 aliphatic rings. The molecule has 0 aromatic heterocycles. The standard InChI is InChI=1S/C16H16Cl2N2O5/c17-9-1-2-11(18)12(7-9)19-4-3-10(14(19)21)15(22)20-5-6-25-8-13(20)16(23)24/h1-2,7,10,13H,3-6,8H2,(H,23,24). The number of benzene rings is 1. The molecule has 0 saturated carbocycles. The quantitative estimate of drug-likeness (QED) is 0.798. The lowest BCUT2D eigenvalue weighted by Crippen LogP contribution is -2.55. The number of carbonyl (C=O) groups excluding carboxylic acids is 2. The summed E-state index contributed by atoms with van der Waals surface area (Å²) in [7, 11) is 0. The predicted octanol–water partition coefficient (Wildman–Crippen LogP) is 1.66. The van der Waals surface area contributed by atoms with Crippen LogP contribution in [0.15, 0.2) is 18.2 Å². The van der Waals surface area contributed by atoms with E-state index in [0.29, 0.717) is 28.7 Å². The van der Waals surface area contributed by atoms with Crippen LogP contribution in [-0.2, 0) is 19.1 Å². The molecule has 1 aromatic rings. The topological polar surface area (TPSA) is 87.2 Å². The monoisotopic (exact) mass is 386 g/mol. The van der Waals surface area contributed by atoms with Crippen LogP contribution >= 0.6 is 23.2 Å². The van der Waals surface area contributed by atoms with E-state index in [4.69, 9.17) is 27.9 Å². The lowest BCUT2D eigenvalue weighted by molar-refractivity contribution is -0.161. The Kier molecular flexibility index (Phi) is 5.17. The number of amides is 2. The second-order valence-corrected chi connectivity index (χ2v) is 6.73. The molecule has 9 heteroatoms. The van der Waals surface area contributed by atoms with Crippen molar-refractivity contribution < 1.29 is 24.2 Å². The number of morpholine rings is 1. The van der Waals surface area contributed by atoms with Gasteiger partial charge in [0, 0.05) is 18.1 Å². The van der Waals surface area contributed by atoms with E-state index in [9.17, 15) is 19.5 Å². The van der Waals surface area contributed by atoms with Crippen molar-refractivity contribution in [1.82, 2.24) is 4.90 Å². The molecule has 2 amide bonds. The number of rotatable bonds is 3. The van der Waals surface area contributed by atoms with Gasteiger partial charge in [0.05, 0.1) is 23.9 Å². The van der Waals surface area contributed by atoms with Crippen molar-refractivity contribution in [3.63, 3.8) is 0 Å². The van der Waals surface area contributed by atoms with Gasteiger partial charge in [-0.15, -0.1) is 0 Å². The van der Waals surface area contributed by atoms with E-state index >= 15 is 0 Å². The molecule has 3 rings (SSSR count). The number of carbonyl (C=O) groups is 3. The summed E-state index contributed by atoms with van der Waals surface area (Å²) in [6.07, 6.45) is 0.296. The van der Waals surface area contributed by atoms with Gasteiger partial charge in [0.15, 0.2) is 6.04 Å². The average Bonchev–Trinajstić information content (AvgIpc) is 2.97. The fraction of sp³-hybridized carbons (Fsp3) is 0.438. The fourth-order valence-corrected chi connectivity index (χ4v) is 3.50. The van der Waals surface area contributed by atoms with E-state index in [-0.39, 0.29) is 19.8 Å². The number of hydrogen-bond acceptors (Lipinski definition) is 4. The van der Waals surface area contributed by atoms with Crippen molar-refractivity contribution in [2.45, 2.75) is 12.5 Å². The van der Waals surface area contributed by atoms with Crippen LogP contribution < -0.4 is 4.90 Å². The first-order chi connectivity index (χ1) is 11.9. The third-order valence-corrected chi connectivity index (χ3v) is 4.95. The summed E-state index contributed by atoms with van der Waals surface area (Å²) in [6.45, 7) is 0.640. The summed E-state index contributed by atoms with van der Waals surface area (Å²) in [5.41, 5.74) is 0.450. The molecule has 0 bridgehead atoms. The van der Waals surface area contributed by atoms with Crippen molar-refractivity contribution >= 4 is 46.7 Å². The molecular formula is C16H16Cl2N2O5. The zero-order chi connectivity index (χ0) is 18.1. The number of halogens is 2. The minimum atomic E-state index is -1.15. The Morgan fingerprint density at radius 2 is 2.00 bits per heavy atom. The Labute approximate surface area is 154 Å². The minimum Gasteiger partial charge on any atom is -0.480 e. The van der Waals surface area contributed by atoms with E-state index in [1.54, 1.807) is 18.2 Å². The zero-order valence-corrected chi connectivity index (χ0v) is 14.7. The van der Waals surface area contributed by atoms with Gasteiger partial charge in [-0.05, 0) is 24.6 Å². The summed E-state index contributed by atoms with van der Waals surface area (Å²) in [5, 5.41) is 10.1. The van der Waals surface area contributed by atoms with E-state index in [0.717, 1.165) is 0 Å². The highest BCUT2D eigenvalue weighted by molar-refractivity contribution is 6.36. The highest BCUT2D eigenvalue weighted by atomic mass is 35.5. The van der Waals surface area contributed by atoms with E-state index in [1.807, 2.05) is 0 Å². The van der Waals surface area contributed by atoms with E-state index in [1.165, 1.54) is 9.80 Å². The van der Waals surface area contributed by atoms with Gasteiger partial charge >= 0.3 is 5.97 Å². The lowest BCUT2D eigenvalue weighted by Gasteiger charge is -2.34. The summed E-state index contributed by atoms with van der Waals surface area (Å²) >= 11 is 12.1. The number of hydrogen-bond donors (Lipinski definition) is 1. The molecule has 2 saturated heterocycles. The highest BCUT2D eigenvalue weighted by Gasteiger charge is 2.43. The molecule has 2 heterocycles. The zero-order valence-electron chi connectivity index (χ0n) is 13.2. The number of ether oxygens (including phenoxy) is 1. The second-order valence-electron chi connectivity index (χ2n) is 5.89. The number of carboxylic acid groups (broad SMARTS) is 1. The van der Waals surface area contributed by atoms with Crippen LogP contribution in [0.1, 0.15) is 6.42 Å². The smallest absolute Gasteiger partial charge is 0.328 e. The number of nitrogens with zero attached hydrogens (tertiary/aromatic N) is 2. The summed E-state index contributed by atoms with van der Waals surface area (Å²) in [6, 6.07) is 3.70. The molecule has 2 unspecified atom stereocenters. The molecule has 134 valence electrons. The van der Waals surface area contributed by atoms with E-state index in [2.05, 4.69) is 0 Å². The van der Waals surface area contributed by atoms with Crippen molar-refractivity contribution in [1.29, 1.82) is 0 Å². The lowest BCUT2D eigenvalue weighted by atomic mass is 10.0. The number of carboxylic acids is 1. The largest absolute Gasteiger partial charge is 0.480 e. The Bertz CT molecular complexity index is 726. The number of anilines is 1. The summed E-state index contributed by atoms with van der Waals surface area (Å²) in [4.78, 5) is 39.5. The molecule has 1 N–H and O–H groups in total. The molecule has 2 atom stereocenters.